The molecule has 5 heterocycles. The number of hydrogen-bond acceptors (Lipinski definition) is 8. The Bertz CT molecular complexity index is 2470. The predicted octanol–water partition coefficient (Wildman–Crippen LogP) is 13.3. The molecule has 0 saturated heterocycles. The zero-order valence-electron chi connectivity index (χ0n) is 40.8. The lowest BCUT2D eigenvalue weighted by atomic mass is 9.85. The van der Waals surface area contributed by atoms with Gasteiger partial charge in [-0.2, -0.15) is 0 Å². The number of hydrogen-bond donors (Lipinski definition) is 4. The van der Waals surface area contributed by atoms with Crippen LogP contribution in [0.25, 0.3) is 44.7 Å². The lowest BCUT2D eigenvalue weighted by Crippen LogP contribution is -2.12. The number of allylic oxidation sites excluding steroid dienone is 5. The summed E-state index contributed by atoms with van der Waals surface area (Å²) in [6.07, 6.45) is 16.3. The number of aryl methyl sites for hydroxylation is 1. The summed E-state index contributed by atoms with van der Waals surface area (Å²) in [6, 6.07) is 5.87. The van der Waals surface area contributed by atoms with Gasteiger partial charge >= 0.3 is 11.9 Å². The summed E-state index contributed by atoms with van der Waals surface area (Å²) in [4.78, 5) is 44.4. The number of aliphatic hydroxyl groups is 2. The average Bonchev–Trinajstić information content (AvgIpc) is 4.02. The third-order valence-electron chi connectivity index (χ3n) is 14.2. The maximum atomic E-state index is 13.6. The monoisotopic (exact) mass is 887 g/mol. The number of rotatable bonds is 21. The highest BCUT2D eigenvalue weighted by Crippen LogP contribution is 2.49. The average molecular weight is 887 g/mol. The number of aromatic nitrogens is 4. The number of esters is 2. The van der Waals surface area contributed by atoms with Gasteiger partial charge in [-0.15, -0.1) is 0 Å². The summed E-state index contributed by atoms with van der Waals surface area (Å²) >= 11 is 0. The topological polar surface area (TPSA) is 150 Å². The molecule has 4 atom stereocenters. The number of ether oxygens (including phenoxy) is 2. The number of aromatic amines is 2. The van der Waals surface area contributed by atoms with Crippen LogP contribution in [0.3, 0.4) is 0 Å². The van der Waals surface area contributed by atoms with Crippen LogP contribution < -0.4 is 0 Å². The number of carbonyl (C=O) groups excluding carboxylic acids is 2. The minimum Gasteiger partial charge on any atom is -0.506 e. The Morgan fingerprint density at radius 1 is 0.877 bits per heavy atom. The van der Waals surface area contributed by atoms with E-state index in [9.17, 15) is 19.8 Å². The van der Waals surface area contributed by atoms with Gasteiger partial charge in [-0.3, -0.25) is 4.79 Å². The molecule has 4 N–H and O–H groups in total. The first kappa shape index (κ1) is 49.2. The molecule has 10 heteroatoms. The molecular weight excluding hydrogens is 813 g/mol. The van der Waals surface area contributed by atoms with Crippen LogP contribution in [0.5, 0.6) is 0 Å². The molecule has 0 radical (unpaired) electrons. The normalized spacial score (nSPS) is 17.6. The summed E-state index contributed by atoms with van der Waals surface area (Å²) in [6.45, 7) is 23.7. The highest BCUT2D eigenvalue weighted by atomic mass is 16.5. The van der Waals surface area contributed by atoms with Gasteiger partial charge in [0.2, 0.25) is 0 Å². The zero-order chi connectivity index (χ0) is 47.1. The van der Waals surface area contributed by atoms with Crippen molar-refractivity contribution >= 4 is 56.6 Å². The number of carbonyl (C=O) groups is 2. The van der Waals surface area contributed by atoms with Gasteiger partial charge in [-0.05, 0) is 105 Å². The van der Waals surface area contributed by atoms with Crippen LogP contribution in [0.15, 0.2) is 42.5 Å². The second-order valence-electron chi connectivity index (χ2n) is 19.4. The number of nitrogens with one attached hydrogen (secondary N) is 2. The minimum atomic E-state index is -0.666. The molecule has 3 aliphatic heterocycles. The molecule has 8 bridgehead atoms. The smallest absolute Gasteiger partial charge is 0.342 e. The van der Waals surface area contributed by atoms with Crippen LogP contribution >= 0.6 is 0 Å². The van der Waals surface area contributed by atoms with Crippen molar-refractivity contribution in [2.75, 3.05) is 20.3 Å². The molecule has 0 aromatic carbocycles. The molecule has 2 aromatic heterocycles. The first-order chi connectivity index (χ1) is 31.1. The fourth-order valence-electron chi connectivity index (χ4n) is 10.2. The molecule has 350 valence electrons. The van der Waals surface area contributed by atoms with Crippen LogP contribution in [0.1, 0.15) is 195 Å². The molecule has 10 nitrogen and oxygen atoms in total. The first-order valence-electron chi connectivity index (χ1n) is 24.2. The van der Waals surface area contributed by atoms with Gasteiger partial charge in [0.15, 0.2) is 0 Å². The maximum absolute atomic E-state index is 13.6. The number of fused-ring (bicyclic) bond motifs is 8. The maximum Gasteiger partial charge on any atom is 0.342 e. The van der Waals surface area contributed by atoms with Crippen LogP contribution in [-0.2, 0) is 19.1 Å². The number of methoxy groups -OCH3 is 1. The predicted molar refractivity (Wildman–Crippen MR) is 265 cm³/mol. The lowest BCUT2D eigenvalue weighted by molar-refractivity contribution is -0.142. The molecule has 0 amide bonds. The molecule has 0 fully saturated rings. The van der Waals surface area contributed by atoms with E-state index in [1.165, 1.54) is 57.6 Å². The van der Waals surface area contributed by atoms with Gasteiger partial charge < -0.3 is 29.7 Å². The Labute approximate surface area is 387 Å². The molecule has 0 saturated carbocycles. The van der Waals surface area contributed by atoms with Crippen molar-refractivity contribution < 1.29 is 29.3 Å². The summed E-state index contributed by atoms with van der Waals surface area (Å²) in [5.74, 6) is 0.786. The van der Waals surface area contributed by atoms with Gasteiger partial charge in [0.05, 0.1) is 42.0 Å². The van der Waals surface area contributed by atoms with E-state index in [0.717, 1.165) is 63.9 Å². The van der Waals surface area contributed by atoms with Crippen LogP contribution in [-0.4, -0.2) is 62.4 Å². The zero-order valence-corrected chi connectivity index (χ0v) is 40.8. The molecule has 0 spiro atoms. The molecule has 4 unspecified atom stereocenters. The largest absolute Gasteiger partial charge is 0.506 e. The van der Waals surface area contributed by atoms with Crippen LogP contribution in [0, 0.1) is 24.7 Å². The second-order valence-corrected chi connectivity index (χ2v) is 19.4. The van der Waals surface area contributed by atoms with Gasteiger partial charge in [0, 0.05) is 57.4 Å². The Morgan fingerprint density at radius 3 is 2.18 bits per heavy atom. The number of H-pyrrole nitrogens is 2. The Balaban J connectivity index is 1.25. The summed E-state index contributed by atoms with van der Waals surface area (Å²) in [5.41, 5.74) is 12.1. The SMILES string of the molecule is C=CC1=C(C)c2cc3[nH]c(c4c5[nH]c(cc6nc(cc1n2)C(CO)=C6CC)c(C)c5C(O)=C4C(=O)OC)C(CCC(=O)OC/C=C(\C)CCCC(C)CCCC(C)CCCC(C)C)C3C. The fraction of sp³-hybridized carbons (Fsp3) is 0.527. The third-order valence-corrected chi connectivity index (χ3v) is 14.2. The standard InChI is InChI=1S/C55H74N4O6/c1-12-38-35(8)42-27-43-36(9)40(23-24-48(61)65-26-25-34(7)22-16-21-33(6)20-15-19-32(5)18-14-17-31(3)4)52(58-43)50-51(55(63)64-11)54(62)49-37(10)44(59-53(49)50)28-46-39(13-2)41(30-60)47(57-46)29-45(38)56-42/h12,25,27-29,31-33,36,40,58-60,62H,1,13-24,26,30H2,2-11H3/b34-25+,43-27?,45-29?,46-28?,52-50?. The van der Waals surface area contributed by atoms with Crippen molar-refractivity contribution in [3.8, 4) is 0 Å². The third kappa shape index (κ3) is 10.9. The summed E-state index contributed by atoms with van der Waals surface area (Å²) in [7, 11) is 1.31. The van der Waals surface area contributed by atoms with E-state index in [1.54, 1.807) is 6.08 Å². The van der Waals surface area contributed by atoms with Crippen molar-refractivity contribution in [1.82, 2.24) is 19.9 Å². The van der Waals surface area contributed by atoms with Crippen LogP contribution in [0.4, 0.5) is 0 Å². The van der Waals surface area contributed by atoms with Gasteiger partial charge in [-0.25, -0.2) is 14.8 Å². The molecule has 6 rings (SSSR count). The van der Waals surface area contributed by atoms with Gasteiger partial charge in [0.1, 0.15) is 17.9 Å². The Hall–Kier alpha value is -5.22. The van der Waals surface area contributed by atoms with E-state index in [-0.39, 0.29) is 48.8 Å². The number of aliphatic hydroxyl groups excluding tert-OH is 2. The highest BCUT2D eigenvalue weighted by molar-refractivity contribution is 6.30. The van der Waals surface area contributed by atoms with E-state index in [1.807, 2.05) is 45.0 Å². The Morgan fingerprint density at radius 2 is 1.54 bits per heavy atom. The van der Waals surface area contributed by atoms with Crippen LogP contribution in [0.2, 0.25) is 0 Å². The molecule has 1 aliphatic carbocycles. The Kier molecular flexibility index (Phi) is 16.5. The first-order valence-corrected chi connectivity index (χ1v) is 24.2. The van der Waals surface area contributed by atoms with E-state index >= 15 is 0 Å². The number of nitrogens with zero attached hydrogens (tertiary/aromatic N) is 2. The molecule has 4 aliphatic rings. The van der Waals surface area contributed by atoms with Crippen molar-refractivity contribution in [2.24, 2.45) is 17.8 Å². The molecule has 65 heavy (non-hydrogen) atoms. The van der Waals surface area contributed by atoms with Gasteiger partial charge in [-0.1, -0.05) is 105 Å². The van der Waals surface area contributed by atoms with Crippen molar-refractivity contribution in [3.63, 3.8) is 0 Å². The quantitative estimate of drug-likeness (QED) is 0.0715. The molecule has 2 aromatic rings. The van der Waals surface area contributed by atoms with Gasteiger partial charge in [0.25, 0.3) is 0 Å². The van der Waals surface area contributed by atoms with Crippen molar-refractivity contribution in [1.29, 1.82) is 0 Å². The van der Waals surface area contributed by atoms with E-state index in [4.69, 9.17) is 19.4 Å². The van der Waals surface area contributed by atoms with E-state index in [0.29, 0.717) is 63.7 Å². The molecular formula is C55H74N4O6. The van der Waals surface area contributed by atoms with E-state index < -0.39 is 5.97 Å². The summed E-state index contributed by atoms with van der Waals surface area (Å²) in [5, 5.41) is 22.5. The van der Waals surface area contributed by atoms with E-state index in [2.05, 4.69) is 58.1 Å². The lowest BCUT2D eigenvalue weighted by Gasteiger charge is -2.18. The minimum absolute atomic E-state index is 0.0594. The van der Waals surface area contributed by atoms with Crippen molar-refractivity contribution in [3.05, 3.63) is 93.4 Å². The van der Waals surface area contributed by atoms with Crippen molar-refractivity contribution in [2.45, 2.75) is 151 Å². The second kappa shape index (κ2) is 21.8. The fourth-order valence-corrected chi connectivity index (χ4v) is 10.2. The highest BCUT2D eigenvalue weighted by Gasteiger charge is 2.39. The summed E-state index contributed by atoms with van der Waals surface area (Å²) < 4.78 is 11.1.